The molecule has 0 bridgehead atoms. The molecule has 0 amide bonds. The lowest BCUT2D eigenvalue weighted by atomic mass is 9.64. The first-order valence-corrected chi connectivity index (χ1v) is 6.29. The van der Waals surface area contributed by atoms with Gasteiger partial charge in [-0.15, -0.1) is 0 Å². The Balaban J connectivity index is 2.09. The van der Waals surface area contributed by atoms with E-state index >= 15 is 0 Å². The summed E-state index contributed by atoms with van der Waals surface area (Å²) < 4.78 is 18.6. The third-order valence-corrected chi connectivity index (χ3v) is 4.14. The number of halogens is 1. The van der Waals surface area contributed by atoms with Crippen molar-refractivity contribution in [3.63, 3.8) is 0 Å². The Hall–Kier alpha value is -1.64. The van der Waals surface area contributed by atoms with Gasteiger partial charge < -0.3 is 4.74 Å². The zero-order valence-electron chi connectivity index (χ0n) is 10.1. The van der Waals surface area contributed by atoms with Gasteiger partial charge in [-0.05, 0) is 29.6 Å². The van der Waals surface area contributed by atoms with Crippen molar-refractivity contribution >= 4 is 11.5 Å². The molecule has 1 aliphatic heterocycles. The summed E-state index contributed by atoms with van der Waals surface area (Å²) >= 11 is 0. The number of hydrogen-bond donors (Lipinski definition) is 0. The van der Waals surface area contributed by atoms with Crippen LogP contribution in [0.2, 0.25) is 0 Å². The van der Waals surface area contributed by atoms with Crippen molar-refractivity contribution in [3.05, 3.63) is 41.5 Å². The Morgan fingerprint density at radius 1 is 1.28 bits per heavy atom. The van der Waals surface area contributed by atoms with E-state index in [1.807, 2.05) is 30.3 Å². The van der Waals surface area contributed by atoms with Gasteiger partial charge >= 0.3 is 5.97 Å². The largest absolute Gasteiger partial charge is 0.460 e. The predicted molar refractivity (Wildman–Crippen MR) is 66.6 cm³/mol. The van der Waals surface area contributed by atoms with E-state index in [0.717, 1.165) is 30.4 Å². The number of hydrogen-bond acceptors (Lipinski definition) is 2. The van der Waals surface area contributed by atoms with Gasteiger partial charge in [-0.1, -0.05) is 36.8 Å². The van der Waals surface area contributed by atoms with E-state index in [1.54, 1.807) is 0 Å². The van der Waals surface area contributed by atoms with Gasteiger partial charge in [-0.3, -0.25) is 4.79 Å². The molecule has 2 aliphatic rings. The van der Waals surface area contributed by atoms with Crippen molar-refractivity contribution in [2.45, 2.75) is 19.3 Å². The number of ether oxygens (including phenoxy) is 1. The Bertz CT molecular complexity index is 500. The predicted octanol–water partition coefficient (Wildman–Crippen LogP) is 3.14. The molecule has 1 aromatic carbocycles. The third-order valence-electron chi connectivity index (χ3n) is 4.14. The normalized spacial score (nSPS) is 23.7. The van der Waals surface area contributed by atoms with E-state index in [4.69, 9.17) is 4.74 Å². The molecule has 3 rings (SSSR count). The molecular weight excluding hydrogens is 231 g/mol. The van der Waals surface area contributed by atoms with Crippen molar-refractivity contribution in [1.82, 2.24) is 0 Å². The van der Waals surface area contributed by atoms with Crippen LogP contribution in [0.5, 0.6) is 0 Å². The van der Waals surface area contributed by atoms with Crippen LogP contribution in [0.3, 0.4) is 0 Å². The lowest BCUT2D eigenvalue weighted by Gasteiger charge is -2.36. The highest BCUT2D eigenvalue weighted by molar-refractivity contribution is 5.89. The fraction of sp³-hybridized carbons (Fsp3) is 0.400. The number of cyclic esters (lactones) is 1. The van der Waals surface area contributed by atoms with Crippen molar-refractivity contribution in [1.29, 1.82) is 0 Å². The maximum atomic E-state index is 13.4. The van der Waals surface area contributed by atoms with Gasteiger partial charge in [0.2, 0.25) is 0 Å². The minimum atomic E-state index is -0.544. The summed E-state index contributed by atoms with van der Waals surface area (Å²) in [6.45, 7) is -0.287. The summed E-state index contributed by atoms with van der Waals surface area (Å²) in [5.74, 6) is -0.161. The zero-order chi connectivity index (χ0) is 12.6. The molecule has 1 aromatic rings. The molecule has 0 radical (unpaired) electrons. The van der Waals surface area contributed by atoms with Gasteiger partial charge in [0.15, 0.2) is 0 Å². The van der Waals surface area contributed by atoms with Gasteiger partial charge in [0.25, 0.3) is 0 Å². The Morgan fingerprint density at radius 3 is 2.56 bits per heavy atom. The van der Waals surface area contributed by atoms with Gasteiger partial charge in [0, 0.05) is 0 Å². The molecule has 3 heteroatoms. The second-order valence-electron chi connectivity index (χ2n) is 4.97. The Kier molecular flexibility index (Phi) is 2.69. The maximum Gasteiger partial charge on any atom is 0.316 e. The summed E-state index contributed by atoms with van der Waals surface area (Å²) in [6, 6.07) is 9.45. The van der Waals surface area contributed by atoms with Crippen molar-refractivity contribution < 1.29 is 13.9 Å². The summed E-state index contributed by atoms with van der Waals surface area (Å²) in [5, 5.41) is 0. The molecule has 2 fully saturated rings. The van der Waals surface area contributed by atoms with E-state index in [2.05, 4.69) is 0 Å². The quantitative estimate of drug-likeness (QED) is 0.749. The van der Waals surface area contributed by atoms with Gasteiger partial charge in [0.05, 0.1) is 5.41 Å². The molecule has 1 heterocycles. The number of esters is 1. The van der Waals surface area contributed by atoms with Crippen LogP contribution in [-0.2, 0) is 9.53 Å². The van der Waals surface area contributed by atoms with Crippen LogP contribution in [0.15, 0.2) is 35.9 Å². The van der Waals surface area contributed by atoms with E-state index < -0.39 is 12.1 Å². The van der Waals surface area contributed by atoms with E-state index in [0.29, 0.717) is 5.57 Å². The minimum Gasteiger partial charge on any atom is -0.460 e. The number of alkyl halides is 1. The number of benzene rings is 1. The molecule has 0 unspecified atom stereocenters. The maximum absolute atomic E-state index is 13.4. The van der Waals surface area contributed by atoms with Crippen LogP contribution in [0.1, 0.15) is 24.8 Å². The third kappa shape index (κ3) is 1.50. The highest BCUT2D eigenvalue weighted by Gasteiger charge is 2.53. The molecule has 1 saturated carbocycles. The Morgan fingerprint density at radius 2 is 2.00 bits per heavy atom. The van der Waals surface area contributed by atoms with E-state index in [1.165, 1.54) is 0 Å². The first-order valence-electron chi connectivity index (χ1n) is 6.29. The summed E-state index contributed by atoms with van der Waals surface area (Å²) in [7, 11) is 0. The average Bonchev–Trinajstić information content (AvgIpc) is 2.69. The lowest BCUT2D eigenvalue weighted by molar-refractivity contribution is -0.149. The molecule has 0 N–H and O–H groups in total. The van der Waals surface area contributed by atoms with Crippen molar-refractivity contribution in [2.24, 2.45) is 5.41 Å². The standard InChI is InChI=1S/C15H15FO2/c16-9-12(11-5-2-1-3-6-11)13-10-18-14(17)15(13)7-4-8-15/h1-3,5-6H,4,7-10H2/b13-12-. The molecule has 2 nitrogen and oxygen atoms in total. The molecule has 18 heavy (non-hydrogen) atoms. The lowest BCUT2D eigenvalue weighted by Crippen LogP contribution is -2.36. The monoisotopic (exact) mass is 246 g/mol. The van der Waals surface area contributed by atoms with Gasteiger partial charge in [-0.2, -0.15) is 0 Å². The molecule has 1 saturated heterocycles. The van der Waals surface area contributed by atoms with Crippen molar-refractivity contribution in [2.75, 3.05) is 13.3 Å². The number of carbonyl (C=O) groups is 1. The van der Waals surface area contributed by atoms with Crippen LogP contribution < -0.4 is 0 Å². The molecular formula is C15H15FO2. The van der Waals surface area contributed by atoms with Crippen molar-refractivity contribution in [3.8, 4) is 0 Å². The molecule has 1 aliphatic carbocycles. The summed E-state index contributed by atoms with van der Waals surface area (Å²) in [6.07, 6.45) is 2.63. The van der Waals surface area contributed by atoms with Crippen LogP contribution >= 0.6 is 0 Å². The highest BCUT2D eigenvalue weighted by atomic mass is 19.1. The van der Waals surface area contributed by atoms with Crippen LogP contribution in [0.4, 0.5) is 4.39 Å². The summed E-state index contributed by atoms with van der Waals surface area (Å²) in [5.41, 5.74) is 1.87. The first-order chi connectivity index (χ1) is 8.78. The number of allylic oxidation sites excluding steroid dienone is 1. The second kappa shape index (κ2) is 4.23. The second-order valence-corrected chi connectivity index (χ2v) is 4.97. The number of carbonyl (C=O) groups excluding carboxylic acids is 1. The van der Waals surface area contributed by atoms with Crippen LogP contribution in [0, 0.1) is 5.41 Å². The topological polar surface area (TPSA) is 26.3 Å². The fourth-order valence-electron chi connectivity index (χ4n) is 2.92. The fourth-order valence-corrected chi connectivity index (χ4v) is 2.92. The zero-order valence-corrected chi connectivity index (χ0v) is 10.1. The van der Waals surface area contributed by atoms with Crippen LogP contribution in [-0.4, -0.2) is 19.3 Å². The SMILES string of the molecule is O=C1OC/C(=C(\CF)c2ccccc2)C12CCC2. The van der Waals surface area contributed by atoms with E-state index in [-0.39, 0.29) is 12.6 Å². The van der Waals surface area contributed by atoms with Gasteiger partial charge in [0.1, 0.15) is 13.3 Å². The molecule has 0 aromatic heterocycles. The number of rotatable bonds is 2. The molecule has 1 spiro atoms. The smallest absolute Gasteiger partial charge is 0.316 e. The summed E-state index contributed by atoms with van der Waals surface area (Å²) in [4.78, 5) is 11.9. The molecule has 0 atom stereocenters. The minimum absolute atomic E-state index is 0.161. The van der Waals surface area contributed by atoms with Gasteiger partial charge in [-0.25, -0.2) is 4.39 Å². The first kappa shape index (κ1) is 11.5. The molecule has 94 valence electrons. The van der Waals surface area contributed by atoms with Crippen LogP contribution in [0.25, 0.3) is 5.57 Å². The average molecular weight is 246 g/mol. The van der Waals surface area contributed by atoms with E-state index in [9.17, 15) is 9.18 Å². The Labute approximate surface area is 105 Å². The highest BCUT2D eigenvalue weighted by Crippen LogP contribution is 2.53.